The van der Waals surface area contributed by atoms with Crippen LogP contribution in [0.2, 0.25) is 0 Å². The Labute approximate surface area is 129 Å². The molecule has 1 heterocycles. The van der Waals surface area contributed by atoms with Gasteiger partial charge in [-0.1, -0.05) is 42.0 Å². The number of pyridine rings is 1. The van der Waals surface area contributed by atoms with E-state index in [4.69, 9.17) is 16.3 Å². The number of fused-ring (bicyclic) bond motifs is 1. The maximum atomic E-state index is 5.99. The van der Waals surface area contributed by atoms with Crippen molar-refractivity contribution in [2.45, 2.75) is 19.4 Å². The van der Waals surface area contributed by atoms with E-state index in [0.717, 1.165) is 27.8 Å². The summed E-state index contributed by atoms with van der Waals surface area (Å²) in [6.07, 6.45) is 1.81. The number of halogens is 1. The summed E-state index contributed by atoms with van der Waals surface area (Å²) in [6.45, 7) is 2.54. The minimum absolute atomic E-state index is 0.449. The molecule has 3 heteroatoms. The Morgan fingerprint density at radius 3 is 2.76 bits per heavy atom. The van der Waals surface area contributed by atoms with E-state index in [1.165, 1.54) is 5.56 Å². The highest BCUT2D eigenvalue weighted by Gasteiger charge is 2.06. The number of rotatable bonds is 4. The highest BCUT2D eigenvalue weighted by molar-refractivity contribution is 6.17. The van der Waals surface area contributed by atoms with Gasteiger partial charge in [-0.15, -0.1) is 11.6 Å². The number of aromatic nitrogens is 1. The number of hydrogen-bond acceptors (Lipinski definition) is 2. The van der Waals surface area contributed by atoms with Gasteiger partial charge < -0.3 is 4.74 Å². The summed E-state index contributed by atoms with van der Waals surface area (Å²) < 4.78 is 5.95. The summed E-state index contributed by atoms with van der Waals surface area (Å²) in [4.78, 5) is 4.44. The third kappa shape index (κ3) is 3.01. The van der Waals surface area contributed by atoms with Gasteiger partial charge >= 0.3 is 0 Å². The van der Waals surface area contributed by atoms with Crippen molar-refractivity contribution < 1.29 is 4.74 Å². The second-order valence-electron chi connectivity index (χ2n) is 5.03. The highest BCUT2D eigenvalue weighted by Crippen LogP contribution is 2.24. The Morgan fingerprint density at radius 1 is 1.05 bits per heavy atom. The lowest BCUT2D eigenvalue weighted by molar-refractivity contribution is 0.305. The molecule has 0 spiro atoms. The Hall–Kier alpha value is -2.06. The van der Waals surface area contributed by atoms with Crippen LogP contribution in [-0.2, 0) is 12.5 Å². The number of nitrogens with zero attached hydrogens (tertiary/aromatic N) is 1. The molecule has 1 aromatic heterocycles. The highest BCUT2D eigenvalue weighted by atomic mass is 35.5. The normalized spacial score (nSPS) is 10.8. The summed E-state index contributed by atoms with van der Waals surface area (Å²) in [5.41, 5.74) is 4.27. The monoisotopic (exact) mass is 297 g/mol. The van der Waals surface area contributed by atoms with Gasteiger partial charge in [-0.3, -0.25) is 4.98 Å². The average Bonchev–Trinajstić information content (AvgIpc) is 2.53. The first-order valence-electron chi connectivity index (χ1n) is 6.89. The molecule has 0 saturated heterocycles. The fourth-order valence-electron chi connectivity index (χ4n) is 2.39. The first-order chi connectivity index (χ1) is 10.3. The SMILES string of the molecule is Cc1ccc(OCc2cccc3cccnc23)c(CCl)c1. The molecule has 2 nitrogen and oxygen atoms in total. The molecule has 3 aromatic rings. The molecule has 0 saturated carbocycles. The van der Waals surface area contributed by atoms with Gasteiger partial charge in [0.25, 0.3) is 0 Å². The maximum absolute atomic E-state index is 5.99. The standard InChI is InChI=1S/C18H16ClNO/c1-13-7-8-17(16(10-13)11-19)21-12-15-5-2-4-14-6-3-9-20-18(14)15/h2-10H,11-12H2,1H3. The van der Waals surface area contributed by atoms with Crippen molar-refractivity contribution >= 4 is 22.5 Å². The first kappa shape index (κ1) is 13.9. The predicted octanol–water partition coefficient (Wildman–Crippen LogP) is 4.86. The van der Waals surface area contributed by atoms with Crippen LogP contribution in [0, 0.1) is 6.92 Å². The third-order valence-corrected chi connectivity index (χ3v) is 3.75. The minimum Gasteiger partial charge on any atom is -0.488 e. The topological polar surface area (TPSA) is 22.1 Å². The van der Waals surface area contributed by atoms with E-state index in [9.17, 15) is 0 Å². The van der Waals surface area contributed by atoms with Crippen molar-refractivity contribution in [1.82, 2.24) is 4.98 Å². The average molecular weight is 298 g/mol. The van der Waals surface area contributed by atoms with E-state index in [2.05, 4.69) is 30.1 Å². The van der Waals surface area contributed by atoms with Crippen LogP contribution < -0.4 is 4.74 Å². The van der Waals surface area contributed by atoms with Gasteiger partial charge in [0.15, 0.2) is 0 Å². The van der Waals surface area contributed by atoms with Crippen molar-refractivity contribution in [2.24, 2.45) is 0 Å². The predicted molar refractivity (Wildman–Crippen MR) is 86.8 cm³/mol. The van der Waals surface area contributed by atoms with Gasteiger partial charge in [-0.2, -0.15) is 0 Å². The fraction of sp³-hybridized carbons (Fsp3) is 0.167. The first-order valence-corrected chi connectivity index (χ1v) is 7.42. The van der Waals surface area contributed by atoms with E-state index in [0.29, 0.717) is 12.5 Å². The Bertz CT molecular complexity index is 765. The Balaban J connectivity index is 1.87. The van der Waals surface area contributed by atoms with E-state index in [1.54, 1.807) is 0 Å². The van der Waals surface area contributed by atoms with Crippen molar-refractivity contribution in [3.63, 3.8) is 0 Å². The summed E-state index contributed by atoms with van der Waals surface area (Å²) >= 11 is 5.99. The van der Waals surface area contributed by atoms with Crippen LogP contribution in [0.3, 0.4) is 0 Å². The molecule has 0 aliphatic rings. The number of para-hydroxylation sites is 1. The zero-order valence-electron chi connectivity index (χ0n) is 11.8. The Morgan fingerprint density at radius 2 is 1.90 bits per heavy atom. The molecule has 0 unspecified atom stereocenters. The summed E-state index contributed by atoms with van der Waals surface area (Å²) in [5.74, 6) is 1.29. The molecule has 0 N–H and O–H groups in total. The Kier molecular flexibility index (Phi) is 4.07. The minimum atomic E-state index is 0.449. The number of hydrogen-bond donors (Lipinski definition) is 0. The number of alkyl halides is 1. The fourth-order valence-corrected chi connectivity index (χ4v) is 2.60. The van der Waals surface area contributed by atoms with Gasteiger partial charge in [-0.05, 0) is 19.1 Å². The van der Waals surface area contributed by atoms with Crippen molar-refractivity contribution in [3.8, 4) is 5.75 Å². The van der Waals surface area contributed by atoms with Crippen LogP contribution >= 0.6 is 11.6 Å². The molecule has 21 heavy (non-hydrogen) atoms. The largest absolute Gasteiger partial charge is 0.488 e. The van der Waals surface area contributed by atoms with Crippen molar-refractivity contribution in [1.29, 1.82) is 0 Å². The van der Waals surface area contributed by atoms with Crippen LogP contribution in [0.15, 0.2) is 54.7 Å². The zero-order chi connectivity index (χ0) is 14.7. The quantitative estimate of drug-likeness (QED) is 0.642. The van der Waals surface area contributed by atoms with Crippen LogP contribution in [-0.4, -0.2) is 4.98 Å². The second-order valence-corrected chi connectivity index (χ2v) is 5.29. The van der Waals surface area contributed by atoms with E-state index >= 15 is 0 Å². The number of aryl methyl sites for hydroxylation is 1. The number of benzene rings is 2. The molecule has 0 radical (unpaired) electrons. The lowest BCUT2D eigenvalue weighted by Crippen LogP contribution is -1.99. The molecule has 0 bridgehead atoms. The van der Waals surface area contributed by atoms with Crippen molar-refractivity contribution in [2.75, 3.05) is 0 Å². The molecule has 106 valence electrons. The summed E-state index contributed by atoms with van der Waals surface area (Å²) in [6, 6.07) is 16.2. The van der Waals surface area contributed by atoms with Gasteiger partial charge in [0.1, 0.15) is 12.4 Å². The van der Waals surface area contributed by atoms with Gasteiger partial charge in [0.05, 0.1) is 11.4 Å². The van der Waals surface area contributed by atoms with Crippen molar-refractivity contribution in [3.05, 3.63) is 71.4 Å². The molecular formula is C18H16ClNO. The molecule has 0 amide bonds. The van der Waals surface area contributed by atoms with Crippen LogP contribution in [0.4, 0.5) is 0 Å². The lowest BCUT2D eigenvalue weighted by atomic mass is 10.1. The maximum Gasteiger partial charge on any atom is 0.124 e. The summed E-state index contributed by atoms with van der Waals surface area (Å²) in [7, 11) is 0. The van der Waals surface area contributed by atoms with Crippen LogP contribution in [0.5, 0.6) is 5.75 Å². The molecule has 0 atom stereocenters. The molecule has 2 aromatic carbocycles. The number of ether oxygens (including phenoxy) is 1. The zero-order valence-corrected chi connectivity index (χ0v) is 12.6. The van der Waals surface area contributed by atoms with Gasteiger partial charge in [0.2, 0.25) is 0 Å². The van der Waals surface area contributed by atoms with Crippen LogP contribution in [0.1, 0.15) is 16.7 Å². The summed E-state index contributed by atoms with van der Waals surface area (Å²) in [5, 5.41) is 1.13. The lowest BCUT2D eigenvalue weighted by Gasteiger charge is -2.12. The molecular weight excluding hydrogens is 282 g/mol. The second kappa shape index (κ2) is 6.15. The third-order valence-electron chi connectivity index (χ3n) is 3.46. The molecule has 3 rings (SSSR count). The van der Waals surface area contributed by atoms with Crippen LogP contribution in [0.25, 0.3) is 10.9 Å². The van der Waals surface area contributed by atoms with E-state index in [1.807, 2.05) is 36.5 Å². The van der Waals surface area contributed by atoms with E-state index in [-0.39, 0.29) is 0 Å². The molecule has 0 aliphatic heterocycles. The molecule has 0 fully saturated rings. The van der Waals surface area contributed by atoms with Gasteiger partial charge in [-0.25, -0.2) is 0 Å². The van der Waals surface area contributed by atoms with Gasteiger partial charge in [0, 0.05) is 22.7 Å². The molecule has 0 aliphatic carbocycles. The smallest absolute Gasteiger partial charge is 0.124 e. The van der Waals surface area contributed by atoms with E-state index < -0.39 is 0 Å².